The molecule has 1 unspecified atom stereocenters. The predicted molar refractivity (Wildman–Crippen MR) is 83.3 cm³/mol. The van der Waals surface area contributed by atoms with Gasteiger partial charge < -0.3 is 4.52 Å². The first-order valence-electron chi connectivity index (χ1n) is 7.44. The van der Waals surface area contributed by atoms with Crippen molar-refractivity contribution in [3.63, 3.8) is 0 Å². The molecule has 4 heterocycles. The Kier molecular flexibility index (Phi) is 3.74. The number of rotatable bonds is 5. The highest BCUT2D eigenvalue weighted by Gasteiger charge is 2.26. The van der Waals surface area contributed by atoms with Gasteiger partial charge in [-0.05, 0) is 30.8 Å². The second kappa shape index (κ2) is 6.02. The van der Waals surface area contributed by atoms with Crippen LogP contribution in [0, 0.1) is 0 Å². The Labute approximate surface area is 132 Å². The monoisotopic (exact) mass is 315 g/mol. The molecular weight excluding hydrogens is 298 g/mol. The highest BCUT2D eigenvalue weighted by atomic mass is 32.1. The Bertz CT molecular complexity index is 706. The molecule has 114 valence electrons. The van der Waals surface area contributed by atoms with E-state index in [1.54, 1.807) is 24.0 Å². The Morgan fingerprint density at radius 2 is 2.41 bits per heavy atom. The van der Waals surface area contributed by atoms with Crippen molar-refractivity contribution in [3.05, 3.63) is 41.9 Å². The van der Waals surface area contributed by atoms with E-state index in [0.717, 1.165) is 36.0 Å². The van der Waals surface area contributed by atoms with Crippen LogP contribution in [-0.4, -0.2) is 37.4 Å². The Morgan fingerprint density at radius 3 is 3.23 bits per heavy atom. The molecule has 0 aliphatic carbocycles. The van der Waals surface area contributed by atoms with Crippen LogP contribution in [0.4, 0.5) is 0 Å². The van der Waals surface area contributed by atoms with Crippen molar-refractivity contribution in [3.8, 4) is 10.6 Å². The molecule has 1 aliphatic heterocycles. The van der Waals surface area contributed by atoms with Gasteiger partial charge in [-0.1, -0.05) is 11.2 Å². The summed E-state index contributed by atoms with van der Waals surface area (Å²) in [7, 11) is 0. The second-order valence-electron chi connectivity index (χ2n) is 5.54. The van der Waals surface area contributed by atoms with Gasteiger partial charge in [-0.2, -0.15) is 5.10 Å². The zero-order valence-corrected chi connectivity index (χ0v) is 12.9. The van der Waals surface area contributed by atoms with Gasteiger partial charge in [0.05, 0.1) is 17.1 Å². The van der Waals surface area contributed by atoms with E-state index in [-0.39, 0.29) is 0 Å². The molecule has 0 amide bonds. The van der Waals surface area contributed by atoms with E-state index in [1.807, 2.05) is 16.1 Å². The van der Waals surface area contributed by atoms with Gasteiger partial charge in [0.1, 0.15) is 12.7 Å². The molecule has 0 N–H and O–H groups in total. The molecule has 3 aromatic rings. The van der Waals surface area contributed by atoms with E-state index >= 15 is 0 Å². The molecule has 3 aromatic heterocycles. The number of hydrogen-bond acceptors (Lipinski definition) is 6. The van der Waals surface area contributed by atoms with Crippen molar-refractivity contribution in [2.24, 2.45) is 0 Å². The van der Waals surface area contributed by atoms with Crippen molar-refractivity contribution < 1.29 is 4.52 Å². The highest BCUT2D eigenvalue weighted by Crippen LogP contribution is 2.27. The zero-order chi connectivity index (χ0) is 14.8. The van der Waals surface area contributed by atoms with E-state index in [0.29, 0.717) is 6.04 Å². The predicted octanol–water partition coefficient (Wildman–Crippen LogP) is 2.66. The van der Waals surface area contributed by atoms with Gasteiger partial charge >= 0.3 is 0 Å². The third kappa shape index (κ3) is 2.82. The van der Waals surface area contributed by atoms with E-state index in [1.165, 1.54) is 12.8 Å². The maximum Gasteiger partial charge on any atom is 0.177 e. The second-order valence-corrected chi connectivity index (χ2v) is 6.49. The van der Waals surface area contributed by atoms with Gasteiger partial charge in [0.2, 0.25) is 0 Å². The molecule has 0 radical (unpaired) electrons. The van der Waals surface area contributed by atoms with E-state index in [2.05, 4.69) is 32.3 Å². The molecule has 6 nitrogen and oxygen atoms in total. The summed E-state index contributed by atoms with van der Waals surface area (Å²) >= 11 is 1.67. The Hall–Kier alpha value is -1.99. The topological polar surface area (TPSA) is 60.0 Å². The lowest BCUT2D eigenvalue weighted by molar-refractivity contribution is 0.213. The Balaban J connectivity index is 1.44. The normalized spacial score (nSPS) is 19.0. The summed E-state index contributed by atoms with van der Waals surface area (Å²) < 4.78 is 7.37. The van der Waals surface area contributed by atoms with Crippen LogP contribution in [0.25, 0.3) is 10.6 Å². The van der Waals surface area contributed by atoms with Crippen molar-refractivity contribution in [2.75, 3.05) is 6.54 Å². The van der Waals surface area contributed by atoms with E-state index in [4.69, 9.17) is 4.52 Å². The number of likely N-dealkylation sites (tertiary alicyclic amines) is 1. The standard InChI is InChI=1S/C15H17N5OS/c1-3-13(9-20-11-16-10-17-20)19(5-1)8-12-7-14(21-18-12)15-4-2-6-22-15/h2,4,6-7,10-11,13H,1,3,5,8-9H2. The van der Waals surface area contributed by atoms with Gasteiger partial charge in [0.25, 0.3) is 0 Å². The van der Waals surface area contributed by atoms with Gasteiger partial charge in [-0.25, -0.2) is 4.98 Å². The third-order valence-electron chi connectivity index (χ3n) is 4.05. The lowest BCUT2D eigenvalue weighted by Gasteiger charge is -2.22. The SMILES string of the molecule is c1csc(-c2cc(CN3CCCC3Cn3cncn3)no2)c1. The fourth-order valence-corrected chi connectivity index (χ4v) is 3.66. The summed E-state index contributed by atoms with van der Waals surface area (Å²) in [4.78, 5) is 7.59. The summed E-state index contributed by atoms with van der Waals surface area (Å²) in [5.41, 5.74) is 0.994. The number of thiophene rings is 1. The van der Waals surface area contributed by atoms with E-state index < -0.39 is 0 Å². The van der Waals surface area contributed by atoms with Crippen LogP contribution in [0.2, 0.25) is 0 Å². The highest BCUT2D eigenvalue weighted by molar-refractivity contribution is 7.13. The molecule has 0 bridgehead atoms. The molecule has 1 aliphatic rings. The van der Waals surface area contributed by atoms with Crippen LogP contribution in [-0.2, 0) is 13.1 Å². The maximum absolute atomic E-state index is 5.47. The zero-order valence-electron chi connectivity index (χ0n) is 12.1. The maximum atomic E-state index is 5.47. The summed E-state index contributed by atoms with van der Waals surface area (Å²) in [6.45, 7) is 2.81. The quantitative estimate of drug-likeness (QED) is 0.724. The van der Waals surface area contributed by atoms with Gasteiger partial charge in [0, 0.05) is 18.7 Å². The summed E-state index contributed by atoms with van der Waals surface area (Å²) in [6, 6.07) is 6.62. The average Bonchev–Trinajstić information content (AvgIpc) is 3.28. The Morgan fingerprint density at radius 1 is 1.41 bits per heavy atom. The smallest absolute Gasteiger partial charge is 0.177 e. The minimum Gasteiger partial charge on any atom is -0.355 e. The summed E-state index contributed by atoms with van der Waals surface area (Å²) in [6.07, 6.45) is 5.77. The van der Waals surface area contributed by atoms with Crippen molar-refractivity contribution in [1.29, 1.82) is 0 Å². The largest absolute Gasteiger partial charge is 0.355 e. The fraction of sp³-hybridized carbons (Fsp3) is 0.400. The third-order valence-corrected chi connectivity index (χ3v) is 4.94. The van der Waals surface area contributed by atoms with Crippen molar-refractivity contribution in [2.45, 2.75) is 32.0 Å². The van der Waals surface area contributed by atoms with Gasteiger partial charge in [0.15, 0.2) is 5.76 Å². The first kappa shape index (κ1) is 13.7. The molecule has 1 atom stereocenters. The van der Waals surface area contributed by atoms with Crippen LogP contribution < -0.4 is 0 Å². The minimum atomic E-state index is 0.489. The van der Waals surface area contributed by atoms with Crippen LogP contribution in [0.15, 0.2) is 40.8 Å². The molecule has 7 heteroatoms. The lowest BCUT2D eigenvalue weighted by Crippen LogP contribution is -2.32. The summed E-state index contributed by atoms with van der Waals surface area (Å²) in [5.74, 6) is 0.858. The van der Waals surface area contributed by atoms with Gasteiger partial charge in [-0.3, -0.25) is 9.58 Å². The molecule has 1 fully saturated rings. The van der Waals surface area contributed by atoms with Crippen molar-refractivity contribution in [1.82, 2.24) is 24.8 Å². The lowest BCUT2D eigenvalue weighted by atomic mass is 10.2. The van der Waals surface area contributed by atoms with E-state index in [9.17, 15) is 0 Å². The first-order valence-corrected chi connectivity index (χ1v) is 8.32. The molecule has 1 saturated heterocycles. The van der Waals surface area contributed by atoms with Crippen LogP contribution >= 0.6 is 11.3 Å². The van der Waals surface area contributed by atoms with Crippen molar-refractivity contribution >= 4 is 11.3 Å². The van der Waals surface area contributed by atoms with Crippen LogP contribution in [0.5, 0.6) is 0 Å². The summed E-state index contributed by atoms with van der Waals surface area (Å²) in [5, 5.41) is 10.5. The number of aromatic nitrogens is 4. The number of nitrogens with zero attached hydrogens (tertiary/aromatic N) is 5. The van der Waals surface area contributed by atoms with Gasteiger partial charge in [-0.15, -0.1) is 11.3 Å². The molecule has 0 aromatic carbocycles. The number of hydrogen-bond donors (Lipinski definition) is 0. The minimum absolute atomic E-state index is 0.489. The molecule has 0 spiro atoms. The van der Waals surface area contributed by atoms with Crippen LogP contribution in [0.3, 0.4) is 0 Å². The molecule has 4 rings (SSSR count). The van der Waals surface area contributed by atoms with Crippen LogP contribution in [0.1, 0.15) is 18.5 Å². The fourth-order valence-electron chi connectivity index (χ4n) is 2.98. The average molecular weight is 315 g/mol. The molecule has 0 saturated carbocycles. The molecule has 22 heavy (non-hydrogen) atoms. The first-order chi connectivity index (χ1) is 10.9. The molecular formula is C15H17N5OS.